The van der Waals surface area contributed by atoms with Crippen molar-refractivity contribution < 1.29 is 36.3 Å². The molecule has 11 nitrogen and oxygen atoms in total. The minimum Gasteiger partial charge on any atom is -0.491 e. The van der Waals surface area contributed by atoms with Gasteiger partial charge in [-0.2, -0.15) is 0 Å². The van der Waals surface area contributed by atoms with Crippen LogP contribution in [-0.2, 0) is 26.0 Å². The Hall–Kier alpha value is -3.65. The topological polar surface area (TPSA) is 143 Å². The average Bonchev–Trinajstić information content (AvgIpc) is 3.61. The number of hydrogen-bond donors (Lipinski definition) is 3. The first-order valence-corrected chi connectivity index (χ1v) is 18.4. The van der Waals surface area contributed by atoms with Crippen LogP contribution in [0.4, 0.5) is 31.5 Å². The quantitative estimate of drug-likeness (QED) is 0.285. The van der Waals surface area contributed by atoms with Crippen LogP contribution in [0.3, 0.4) is 0 Å². The van der Waals surface area contributed by atoms with Gasteiger partial charge in [0.25, 0.3) is 11.8 Å². The highest BCUT2D eigenvalue weighted by Crippen LogP contribution is 2.54. The van der Waals surface area contributed by atoms with E-state index < -0.39 is 33.7 Å². The molecule has 2 saturated heterocycles. The summed E-state index contributed by atoms with van der Waals surface area (Å²) in [5.41, 5.74) is 9.61. The molecule has 1 saturated carbocycles. The highest BCUT2D eigenvalue weighted by molar-refractivity contribution is 7.92. The molecule has 2 aromatic rings. The number of alkyl halides is 2. The van der Waals surface area contributed by atoms with Crippen LogP contribution in [0.1, 0.15) is 68.3 Å². The number of rotatable bonds is 11. The number of hydrogen-bond acceptors (Lipinski definition) is 9. The molecule has 4 N–H and O–H groups in total. The van der Waals surface area contributed by atoms with Crippen LogP contribution < -0.4 is 30.3 Å². The number of nitrogens with two attached hydrogens (primary N) is 1. The summed E-state index contributed by atoms with van der Waals surface area (Å²) >= 11 is 0. The summed E-state index contributed by atoms with van der Waals surface area (Å²) in [5.74, 6) is -3.63. The standard InChI is InChI=1S/C34H45F2N5O6S/c1-22(2)29(37)32(43)47-17-18-48(44,45)39-24-3-4-26(27(20-24)40-12-8-33(6-7-33)9-13-40)31(42)38-25-19-23-5-16-46-30(23)28(21-25)41-14-10-34(35,36)11-15-41/h3-4,19-22,29,39H,5-18,37H2,1-2H3,(H,38,42)/t29-/m1/s1. The van der Waals surface area contributed by atoms with Crippen molar-refractivity contribution in [2.45, 2.75) is 70.8 Å². The lowest BCUT2D eigenvalue weighted by atomic mass is 9.93. The second-order valence-electron chi connectivity index (χ2n) is 14.0. The van der Waals surface area contributed by atoms with E-state index in [9.17, 15) is 26.8 Å². The summed E-state index contributed by atoms with van der Waals surface area (Å²) in [6, 6.07) is 7.63. The Morgan fingerprint density at radius 1 is 0.958 bits per heavy atom. The zero-order valence-corrected chi connectivity index (χ0v) is 28.3. The molecule has 262 valence electrons. The lowest BCUT2D eigenvalue weighted by molar-refractivity contribution is -0.145. The number of anilines is 4. The van der Waals surface area contributed by atoms with Crippen LogP contribution in [0.25, 0.3) is 0 Å². The van der Waals surface area contributed by atoms with E-state index in [4.69, 9.17) is 15.2 Å². The van der Waals surface area contributed by atoms with Gasteiger partial charge >= 0.3 is 5.97 Å². The van der Waals surface area contributed by atoms with Gasteiger partial charge in [-0.25, -0.2) is 17.2 Å². The van der Waals surface area contributed by atoms with Crippen molar-refractivity contribution >= 4 is 44.6 Å². The fourth-order valence-electron chi connectivity index (χ4n) is 6.67. The van der Waals surface area contributed by atoms with Gasteiger partial charge in [0.2, 0.25) is 10.0 Å². The van der Waals surface area contributed by atoms with Crippen molar-refractivity contribution in [1.29, 1.82) is 0 Å². The molecule has 0 unspecified atom stereocenters. The molecule has 14 heteroatoms. The highest BCUT2D eigenvalue weighted by atomic mass is 32.2. The zero-order valence-electron chi connectivity index (χ0n) is 27.5. The number of ether oxygens (including phenoxy) is 2. The van der Waals surface area contributed by atoms with Gasteiger partial charge in [0.05, 0.1) is 29.2 Å². The van der Waals surface area contributed by atoms with Crippen LogP contribution >= 0.6 is 0 Å². The molecule has 6 rings (SSSR count). The first-order chi connectivity index (χ1) is 22.7. The second kappa shape index (κ2) is 13.3. The van der Waals surface area contributed by atoms with Crippen molar-refractivity contribution in [3.63, 3.8) is 0 Å². The molecule has 2 aromatic carbocycles. The van der Waals surface area contributed by atoms with Crippen LogP contribution in [0.5, 0.6) is 5.75 Å². The van der Waals surface area contributed by atoms with Crippen molar-refractivity contribution in [3.8, 4) is 5.75 Å². The zero-order chi connectivity index (χ0) is 34.3. The van der Waals surface area contributed by atoms with E-state index >= 15 is 0 Å². The van der Waals surface area contributed by atoms with Crippen molar-refractivity contribution in [1.82, 2.24) is 0 Å². The minimum absolute atomic E-state index is 0.143. The average molecular weight is 690 g/mol. The van der Waals surface area contributed by atoms with E-state index in [1.54, 1.807) is 38.1 Å². The third-order valence-corrected chi connectivity index (χ3v) is 11.3. The van der Waals surface area contributed by atoms with Gasteiger partial charge in [0.15, 0.2) is 0 Å². The lowest BCUT2D eigenvalue weighted by Gasteiger charge is -2.35. The molecule has 3 heterocycles. The third-order valence-electron chi connectivity index (χ3n) is 10.1. The number of amides is 1. The predicted octanol–water partition coefficient (Wildman–Crippen LogP) is 4.76. The fourth-order valence-corrected chi connectivity index (χ4v) is 7.56. The second-order valence-corrected chi connectivity index (χ2v) is 15.8. The number of benzene rings is 2. The summed E-state index contributed by atoms with van der Waals surface area (Å²) < 4.78 is 67.2. The summed E-state index contributed by atoms with van der Waals surface area (Å²) in [6.07, 6.45) is 4.57. The smallest absolute Gasteiger partial charge is 0.323 e. The molecule has 48 heavy (non-hydrogen) atoms. The van der Waals surface area contributed by atoms with Gasteiger partial charge in [-0.1, -0.05) is 13.8 Å². The number of nitrogens with zero attached hydrogens (tertiary/aromatic N) is 2. The number of nitrogens with one attached hydrogen (secondary N) is 2. The fraction of sp³-hybridized carbons (Fsp3) is 0.588. The molecule has 0 aromatic heterocycles. The Balaban J connectivity index is 1.20. The Morgan fingerprint density at radius 2 is 1.60 bits per heavy atom. The van der Waals surface area contributed by atoms with Gasteiger partial charge in [-0.3, -0.25) is 14.3 Å². The van der Waals surface area contributed by atoms with E-state index in [-0.39, 0.29) is 50.1 Å². The third kappa shape index (κ3) is 7.80. The van der Waals surface area contributed by atoms with Crippen LogP contribution in [0, 0.1) is 11.3 Å². The Bertz CT molecular complexity index is 1650. The predicted molar refractivity (Wildman–Crippen MR) is 181 cm³/mol. The monoisotopic (exact) mass is 689 g/mol. The summed E-state index contributed by atoms with van der Waals surface area (Å²) in [5, 5.41) is 3.02. The molecule has 0 bridgehead atoms. The molecule has 1 amide bonds. The highest BCUT2D eigenvalue weighted by Gasteiger charge is 2.45. The summed E-state index contributed by atoms with van der Waals surface area (Å²) in [4.78, 5) is 30.0. The Morgan fingerprint density at radius 3 is 2.27 bits per heavy atom. The maximum Gasteiger partial charge on any atom is 0.323 e. The van der Waals surface area contributed by atoms with Crippen LogP contribution in [0.15, 0.2) is 30.3 Å². The number of piperidine rings is 2. The van der Waals surface area contributed by atoms with Crippen molar-refractivity contribution in [2.75, 3.05) is 65.0 Å². The van der Waals surface area contributed by atoms with Gasteiger partial charge in [0.1, 0.15) is 24.2 Å². The number of carbonyl (C=O) groups is 2. The number of carbonyl (C=O) groups excluding carboxylic acids is 2. The normalized spacial score (nSPS) is 20.2. The molecule has 1 atom stereocenters. The maximum atomic E-state index is 13.9. The maximum absolute atomic E-state index is 13.9. The van der Waals surface area contributed by atoms with Gasteiger partial charge in [-0.15, -0.1) is 0 Å². The summed E-state index contributed by atoms with van der Waals surface area (Å²) in [6.45, 7) is 5.54. The van der Waals surface area contributed by atoms with Crippen molar-refractivity contribution in [2.24, 2.45) is 17.1 Å². The molecular weight excluding hydrogens is 644 g/mol. The van der Waals surface area contributed by atoms with E-state index in [1.165, 1.54) is 12.8 Å². The number of fused-ring (bicyclic) bond motifs is 1. The minimum atomic E-state index is -3.89. The van der Waals surface area contributed by atoms with Crippen LogP contribution in [-0.4, -0.2) is 77.4 Å². The lowest BCUT2D eigenvalue weighted by Crippen LogP contribution is -2.39. The van der Waals surface area contributed by atoms with Gasteiger partial charge in [-0.05, 0) is 67.3 Å². The SMILES string of the molecule is CC(C)[C@@H](N)C(=O)OCCS(=O)(=O)Nc1ccc(C(=O)Nc2cc3c(c(N4CCC(F)(F)CC4)c2)OCC3)c(N2CCC3(CC2)CC3)c1. The molecule has 1 aliphatic carbocycles. The van der Waals surface area contributed by atoms with E-state index in [1.807, 2.05) is 11.0 Å². The van der Waals surface area contributed by atoms with E-state index in [2.05, 4.69) is 14.9 Å². The Kier molecular flexibility index (Phi) is 9.51. The Labute approximate surface area is 280 Å². The molecule has 4 aliphatic rings. The largest absolute Gasteiger partial charge is 0.491 e. The molecular formula is C34H45F2N5O6S. The molecule has 1 spiro atoms. The van der Waals surface area contributed by atoms with E-state index in [0.717, 1.165) is 31.5 Å². The number of esters is 1. The van der Waals surface area contributed by atoms with Crippen LogP contribution in [0.2, 0.25) is 0 Å². The van der Waals surface area contributed by atoms with Gasteiger partial charge in [0, 0.05) is 56.7 Å². The van der Waals surface area contributed by atoms with Crippen molar-refractivity contribution in [3.05, 3.63) is 41.5 Å². The first-order valence-electron chi connectivity index (χ1n) is 16.8. The number of halogens is 2. The van der Waals surface area contributed by atoms with E-state index in [0.29, 0.717) is 46.8 Å². The first kappa shape index (κ1) is 34.2. The molecule has 0 radical (unpaired) electrons. The summed E-state index contributed by atoms with van der Waals surface area (Å²) in [7, 11) is -3.89. The number of sulfonamides is 1. The molecule has 3 aliphatic heterocycles. The molecule has 3 fully saturated rings. The van der Waals surface area contributed by atoms with Gasteiger partial charge < -0.3 is 30.3 Å².